The number of amides is 1. The number of hydrogen-bond donors (Lipinski definition) is 1. The topological polar surface area (TPSA) is 35.6 Å². The summed E-state index contributed by atoms with van der Waals surface area (Å²) in [6.07, 6.45) is -0.0355. The summed E-state index contributed by atoms with van der Waals surface area (Å²) in [5.41, 5.74) is 2.30. The van der Waals surface area contributed by atoms with Crippen LogP contribution in [0.2, 0.25) is 0 Å². The summed E-state index contributed by atoms with van der Waals surface area (Å²) >= 11 is 0. The van der Waals surface area contributed by atoms with E-state index in [2.05, 4.69) is 69.3 Å². The molecule has 0 aromatic heterocycles. The molecule has 1 N–H and O–H groups in total. The van der Waals surface area contributed by atoms with Crippen molar-refractivity contribution in [3.05, 3.63) is 35.4 Å². The molecule has 21 heavy (non-hydrogen) atoms. The standard InChI is InChI=1S/C17H27N3O/c1-12-8-7-9-14(10-12)15-18-13(2)16(21)20(15)11-17(3,4)19(5)6/h7-10,13,15,18H,11H2,1-6H3. The molecule has 1 aromatic carbocycles. The fourth-order valence-electron chi connectivity index (χ4n) is 2.62. The number of hydrogen-bond acceptors (Lipinski definition) is 3. The largest absolute Gasteiger partial charge is 0.320 e. The first-order valence-electron chi connectivity index (χ1n) is 7.53. The van der Waals surface area contributed by atoms with Crippen LogP contribution in [0, 0.1) is 6.92 Å². The Bertz CT molecular complexity index is 525. The van der Waals surface area contributed by atoms with E-state index in [0.717, 1.165) is 5.56 Å². The Morgan fingerprint density at radius 2 is 2.00 bits per heavy atom. The lowest BCUT2D eigenvalue weighted by Gasteiger charge is -2.38. The number of carbonyl (C=O) groups is 1. The van der Waals surface area contributed by atoms with Crippen LogP contribution in [-0.4, -0.2) is 47.9 Å². The molecule has 116 valence electrons. The van der Waals surface area contributed by atoms with E-state index < -0.39 is 0 Å². The highest BCUT2D eigenvalue weighted by atomic mass is 16.2. The van der Waals surface area contributed by atoms with Crippen molar-refractivity contribution in [2.45, 2.75) is 45.4 Å². The first-order valence-corrected chi connectivity index (χ1v) is 7.53. The van der Waals surface area contributed by atoms with Crippen LogP contribution in [0.1, 0.15) is 38.1 Å². The lowest BCUT2D eigenvalue weighted by atomic mass is 10.0. The summed E-state index contributed by atoms with van der Waals surface area (Å²) in [5, 5.41) is 3.42. The van der Waals surface area contributed by atoms with E-state index in [1.54, 1.807) is 0 Å². The van der Waals surface area contributed by atoms with Gasteiger partial charge in [0.15, 0.2) is 0 Å². The van der Waals surface area contributed by atoms with Crippen molar-refractivity contribution in [3.63, 3.8) is 0 Å². The van der Waals surface area contributed by atoms with Crippen LogP contribution in [0.5, 0.6) is 0 Å². The van der Waals surface area contributed by atoms with E-state index >= 15 is 0 Å². The van der Waals surface area contributed by atoms with Crippen LogP contribution < -0.4 is 5.32 Å². The maximum absolute atomic E-state index is 12.5. The molecule has 0 spiro atoms. The normalized spacial score (nSPS) is 23.2. The summed E-state index contributed by atoms with van der Waals surface area (Å²) in [7, 11) is 4.11. The highest BCUT2D eigenvalue weighted by Gasteiger charge is 2.40. The average molecular weight is 289 g/mol. The Balaban J connectivity index is 2.29. The number of nitrogens with one attached hydrogen (secondary N) is 1. The maximum Gasteiger partial charge on any atom is 0.241 e. The van der Waals surface area contributed by atoms with Crippen LogP contribution in [-0.2, 0) is 4.79 Å². The lowest BCUT2D eigenvalue weighted by molar-refractivity contribution is -0.131. The second kappa shape index (κ2) is 5.78. The summed E-state index contributed by atoms with van der Waals surface area (Å²) in [6.45, 7) is 9.05. The molecule has 4 nitrogen and oxygen atoms in total. The van der Waals surface area contributed by atoms with Gasteiger partial charge in [-0.05, 0) is 47.4 Å². The fraction of sp³-hybridized carbons (Fsp3) is 0.588. The van der Waals surface area contributed by atoms with Crippen LogP contribution >= 0.6 is 0 Å². The Morgan fingerprint density at radius 3 is 2.57 bits per heavy atom. The van der Waals surface area contributed by atoms with Gasteiger partial charge in [0.25, 0.3) is 0 Å². The predicted molar refractivity (Wildman–Crippen MR) is 86.0 cm³/mol. The van der Waals surface area contributed by atoms with Gasteiger partial charge in [0.2, 0.25) is 5.91 Å². The maximum atomic E-state index is 12.5. The van der Waals surface area contributed by atoms with Crippen molar-refractivity contribution in [3.8, 4) is 0 Å². The second-order valence-corrected chi connectivity index (χ2v) is 6.88. The zero-order valence-corrected chi connectivity index (χ0v) is 14.0. The molecule has 2 rings (SSSR count). The Labute approximate surface area is 128 Å². The van der Waals surface area contributed by atoms with Crippen LogP contribution in [0.3, 0.4) is 0 Å². The predicted octanol–water partition coefficient (Wildman–Crippen LogP) is 2.15. The van der Waals surface area contributed by atoms with Crippen molar-refractivity contribution in [2.24, 2.45) is 0 Å². The van der Waals surface area contributed by atoms with Crippen molar-refractivity contribution in [1.82, 2.24) is 15.1 Å². The van der Waals surface area contributed by atoms with Gasteiger partial charge in [0, 0.05) is 12.1 Å². The van der Waals surface area contributed by atoms with Crippen molar-refractivity contribution in [2.75, 3.05) is 20.6 Å². The molecule has 0 bridgehead atoms. The molecular formula is C17H27N3O. The summed E-state index contributed by atoms with van der Waals surface area (Å²) < 4.78 is 0. The molecule has 1 fully saturated rings. The van der Waals surface area contributed by atoms with E-state index in [0.29, 0.717) is 6.54 Å². The Morgan fingerprint density at radius 1 is 1.33 bits per heavy atom. The molecule has 2 unspecified atom stereocenters. The second-order valence-electron chi connectivity index (χ2n) is 6.88. The average Bonchev–Trinajstić information content (AvgIpc) is 2.66. The zero-order chi connectivity index (χ0) is 15.8. The van der Waals surface area contributed by atoms with Gasteiger partial charge in [-0.1, -0.05) is 29.8 Å². The van der Waals surface area contributed by atoms with Gasteiger partial charge in [-0.3, -0.25) is 10.1 Å². The number of carbonyl (C=O) groups excluding carboxylic acids is 1. The Hall–Kier alpha value is -1.39. The smallest absolute Gasteiger partial charge is 0.241 e. The SMILES string of the molecule is Cc1cccc(C2NC(C)C(=O)N2CC(C)(C)N(C)C)c1. The first kappa shape index (κ1) is 16.0. The minimum Gasteiger partial charge on any atom is -0.320 e. The first-order chi connectivity index (χ1) is 9.72. The quantitative estimate of drug-likeness (QED) is 0.922. The van der Waals surface area contributed by atoms with Gasteiger partial charge in [-0.2, -0.15) is 0 Å². The summed E-state index contributed by atoms with van der Waals surface area (Å²) in [5.74, 6) is 0.177. The number of aryl methyl sites for hydroxylation is 1. The molecule has 2 atom stereocenters. The third-order valence-corrected chi connectivity index (χ3v) is 4.50. The van der Waals surface area contributed by atoms with Crippen molar-refractivity contribution < 1.29 is 4.79 Å². The third-order valence-electron chi connectivity index (χ3n) is 4.50. The molecule has 1 aliphatic heterocycles. The van der Waals surface area contributed by atoms with Gasteiger partial charge >= 0.3 is 0 Å². The highest BCUT2D eigenvalue weighted by Crippen LogP contribution is 2.28. The van der Waals surface area contributed by atoms with Gasteiger partial charge in [0.1, 0.15) is 6.17 Å². The molecular weight excluding hydrogens is 262 g/mol. The molecule has 0 radical (unpaired) electrons. The number of rotatable bonds is 4. The van der Waals surface area contributed by atoms with Gasteiger partial charge in [-0.15, -0.1) is 0 Å². The highest BCUT2D eigenvalue weighted by molar-refractivity contribution is 5.84. The monoisotopic (exact) mass is 289 g/mol. The minimum absolute atomic E-state index is 0.0355. The molecule has 1 saturated heterocycles. The van der Waals surface area contributed by atoms with E-state index in [1.807, 2.05) is 11.8 Å². The van der Waals surface area contributed by atoms with Gasteiger partial charge < -0.3 is 9.80 Å². The van der Waals surface area contributed by atoms with Crippen molar-refractivity contribution in [1.29, 1.82) is 0 Å². The van der Waals surface area contributed by atoms with Gasteiger partial charge in [0.05, 0.1) is 6.04 Å². The van der Waals surface area contributed by atoms with Crippen LogP contribution in [0.4, 0.5) is 0 Å². The van der Waals surface area contributed by atoms with E-state index in [1.165, 1.54) is 5.56 Å². The number of likely N-dealkylation sites (N-methyl/N-ethyl adjacent to an activating group) is 1. The number of nitrogens with zero attached hydrogens (tertiary/aromatic N) is 2. The van der Waals surface area contributed by atoms with E-state index in [-0.39, 0.29) is 23.7 Å². The van der Waals surface area contributed by atoms with E-state index in [4.69, 9.17) is 0 Å². The summed E-state index contributed by atoms with van der Waals surface area (Å²) in [6, 6.07) is 8.24. The lowest BCUT2D eigenvalue weighted by Crippen LogP contribution is -2.49. The molecule has 1 aromatic rings. The molecule has 1 aliphatic rings. The number of benzene rings is 1. The fourth-order valence-corrected chi connectivity index (χ4v) is 2.62. The molecule has 1 amide bonds. The van der Waals surface area contributed by atoms with Crippen LogP contribution in [0.25, 0.3) is 0 Å². The molecule has 0 saturated carbocycles. The molecule has 1 heterocycles. The van der Waals surface area contributed by atoms with E-state index in [9.17, 15) is 4.79 Å². The summed E-state index contributed by atoms with van der Waals surface area (Å²) in [4.78, 5) is 16.7. The third kappa shape index (κ3) is 3.27. The van der Waals surface area contributed by atoms with Crippen molar-refractivity contribution >= 4 is 5.91 Å². The Kier molecular flexibility index (Phi) is 4.40. The van der Waals surface area contributed by atoms with Crippen LogP contribution in [0.15, 0.2) is 24.3 Å². The zero-order valence-electron chi connectivity index (χ0n) is 14.0. The minimum atomic E-state index is -0.131. The molecule has 0 aliphatic carbocycles. The molecule has 4 heteroatoms. The van der Waals surface area contributed by atoms with Gasteiger partial charge in [-0.25, -0.2) is 0 Å².